The molecule has 0 saturated carbocycles. The molecule has 0 aromatic heterocycles. The van der Waals surface area contributed by atoms with Crippen LogP contribution in [-0.2, 0) is 0 Å². The van der Waals surface area contributed by atoms with Gasteiger partial charge < -0.3 is 0 Å². The van der Waals surface area contributed by atoms with Gasteiger partial charge in [-0.15, -0.1) is 6.42 Å². The normalized spacial score (nSPS) is 6.92. The second-order valence-corrected chi connectivity index (χ2v) is 1.97. The summed E-state index contributed by atoms with van der Waals surface area (Å²) in [5, 5.41) is 0. The number of hydrogen-bond donors (Lipinski definition) is 0. The van der Waals surface area contributed by atoms with Gasteiger partial charge in [-0.25, -0.2) is 0 Å². The van der Waals surface area contributed by atoms with Crippen LogP contribution in [0, 0.1) is 30.3 Å². The zero-order valence-corrected chi connectivity index (χ0v) is 10.2. The van der Waals surface area contributed by atoms with Gasteiger partial charge in [0.2, 0.25) is 0 Å². The quantitative estimate of drug-likeness (QED) is 0.268. The Labute approximate surface area is 116 Å². The molecule has 0 unspecified atom stereocenters. The summed E-state index contributed by atoms with van der Waals surface area (Å²) < 4.78 is 0. The van der Waals surface area contributed by atoms with Crippen molar-refractivity contribution >= 4 is 0 Å². The van der Waals surface area contributed by atoms with E-state index in [1.54, 1.807) is 0 Å². The van der Waals surface area contributed by atoms with Crippen molar-refractivity contribution < 1.29 is 51.4 Å². The molecule has 12 heavy (non-hydrogen) atoms. The molecule has 0 amide bonds. The van der Waals surface area contributed by atoms with Gasteiger partial charge in [-0.05, 0) is 0 Å². The maximum atomic E-state index is 5.03. The molecule has 1 heteroatoms. The predicted molar refractivity (Wildman–Crippen MR) is 45.6 cm³/mol. The largest absolute Gasteiger partial charge is 1.00 e. The van der Waals surface area contributed by atoms with Gasteiger partial charge in [0.25, 0.3) is 0 Å². The van der Waals surface area contributed by atoms with Crippen molar-refractivity contribution in [3.63, 3.8) is 0 Å². The van der Waals surface area contributed by atoms with Gasteiger partial charge in [-0.1, -0.05) is 23.3 Å². The Morgan fingerprint density at radius 3 is 2.58 bits per heavy atom. The summed E-state index contributed by atoms with van der Waals surface area (Å²) in [5.74, 6) is 8.24. The minimum atomic E-state index is 0. The first-order valence-corrected chi connectivity index (χ1v) is 3.32. The van der Waals surface area contributed by atoms with E-state index in [1.807, 2.05) is 24.3 Å². The van der Waals surface area contributed by atoms with Crippen LogP contribution in [0.25, 0.3) is 0 Å². The van der Waals surface area contributed by atoms with E-state index in [0.717, 1.165) is 5.56 Å². The van der Waals surface area contributed by atoms with Gasteiger partial charge in [0.15, 0.2) is 0 Å². The summed E-state index contributed by atoms with van der Waals surface area (Å²) in [6.45, 7) is 0. The smallest absolute Gasteiger partial charge is 0.184 e. The number of hydrogen-bond acceptors (Lipinski definition) is 0. The Bertz CT molecular complexity index is 308. The fraction of sp³-hybridized carbons (Fsp3) is 0.0909. The fourth-order valence-electron chi connectivity index (χ4n) is 0.668. The Morgan fingerprint density at radius 2 is 2.00 bits per heavy atom. The molecule has 0 aliphatic heterocycles. The van der Waals surface area contributed by atoms with E-state index in [2.05, 4.69) is 23.8 Å². The first-order valence-electron chi connectivity index (χ1n) is 3.32. The predicted octanol–water partition coefficient (Wildman–Crippen LogP) is -1.13. The summed E-state index contributed by atoms with van der Waals surface area (Å²) in [6.07, 6.45) is 5.55. The fourth-order valence-corrected chi connectivity index (χ4v) is 0.668. The molecule has 1 aromatic carbocycles. The molecule has 0 aliphatic rings. The van der Waals surface area contributed by atoms with Crippen LogP contribution in [0.1, 0.15) is 12.0 Å². The summed E-state index contributed by atoms with van der Waals surface area (Å²) in [5.41, 5.74) is 0.985. The standard InChI is InChI=1S/C11H7.K/c1-2-3-5-8-11-9-6-4-7-10-11;/h1,6-7,9-10H,3H2;/q-1;+1. The molecule has 0 bridgehead atoms. The maximum Gasteiger partial charge on any atom is 1.00 e. The van der Waals surface area contributed by atoms with Crippen molar-refractivity contribution in [1.82, 2.24) is 0 Å². The van der Waals surface area contributed by atoms with Crippen molar-refractivity contribution in [3.05, 3.63) is 35.9 Å². The molecule has 1 aromatic rings. The molecule has 0 atom stereocenters. The van der Waals surface area contributed by atoms with E-state index in [4.69, 9.17) is 6.42 Å². The van der Waals surface area contributed by atoms with E-state index in [-0.39, 0.29) is 51.4 Å². The average molecular weight is 178 g/mol. The molecule has 1 rings (SSSR count). The van der Waals surface area contributed by atoms with Gasteiger partial charge in [0.1, 0.15) is 0 Å². The van der Waals surface area contributed by atoms with Crippen LogP contribution in [0.15, 0.2) is 24.3 Å². The SMILES string of the molecule is C#CCC#Cc1cc[c-]cc1.[K+]. The van der Waals surface area contributed by atoms with Crippen molar-refractivity contribution in [2.24, 2.45) is 0 Å². The molecule has 52 valence electrons. The first-order chi connectivity index (χ1) is 5.43. The Morgan fingerprint density at radius 1 is 1.33 bits per heavy atom. The van der Waals surface area contributed by atoms with Crippen LogP contribution < -0.4 is 51.4 Å². The third-order valence-corrected chi connectivity index (χ3v) is 1.14. The minimum absolute atomic E-state index is 0. The molecule has 0 fully saturated rings. The molecule has 0 spiro atoms. The van der Waals surface area contributed by atoms with Crippen molar-refractivity contribution in [1.29, 1.82) is 0 Å². The molecule has 0 heterocycles. The zero-order valence-electron chi connectivity index (χ0n) is 7.09. The van der Waals surface area contributed by atoms with Crippen LogP contribution in [-0.4, -0.2) is 0 Å². The van der Waals surface area contributed by atoms with E-state index in [9.17, 15) is 0 Å². The summed E-state index contributed by atoms with van der Waals surface area (Å²) in [7, 11) is 0. The Hall–Kier alpha value is -0.0236. The van der Waals surface area contributed by atoms with Gasteiger partial charge >= 0.3 is 51.4 Å². The van der Waals surface area contributed by atoms with Gasteiger partial charge in [-0.3, -0.25) is 0 Å². The van der Waals surface area contributed by atoms with E-state index < -0.39 is 0 Å². The molecule has 0 nitrogen and oxygen atoms in total. The third-order valence-electron chi connectivity index (χ3n) is 1.14. The van der Waals surface area contributed by atoms with Gasteiger partial charge in [-0.2, -0.15) is 30.3 Å². The van der Waals surface area contributed by atoms with Crippen LogP contribution in [0.5, 0.6) is 0 Å². The monoisotopic (exact) mass is 178 g/mol. The van der Waals surface area contributed by atoms with Crippen molar-refractivity contribution in [2.75, 3.05) is 0 Å². The summed E-state index contributed by atoms with van der Waals surface area (Å²) in [6, 6.07) is 10.4. The van der Waals surface area contributed by atoms with Gasteiger partial charge in [0, 0.05) is 0 Å². The third kappa shape index (κ3) is 4.77. The number of rotatable bonds is 0. The second kappa shape index (κ2) is 7.62. The number of terminal acetylenes is 1. The van der Waals surface area contributed by atoms with Crippen LogP contribution in [0.4, 0.5) is 0 Å². The van der Waals surface area contributed by atoms with Crippen LogP contribution >= 0.6 is 0 Å². The van der Waals surface area contributed by atoms with E-state index >= 15 is 0 Å². The van der Waals surface area contributed by atoms with Crippen LogP contribution in [0.3, 0.4) is 0 Å². The maximum absolute atomic E-state index is 5.03. The minimum Gasteiger partial charge on any atom is -0.184 e. The topological polar surface area (TPSA) is 0 Å². The van der Waals surface area contributed by atoms with E-state index in [1.165, 1.54) is 0 Å². The first kappa shape index (κ1) is 12.0. The molecule has 0 N–H and O–H groups in total. The molecule has 0 saturated heterocycles. The van der Waals surface area contributed by atoms with Gasteiger partial charge in [0.05, 0.1) is 6.42 Å². The second-order valence-electron chi connectivity index (χ2n) is 1.97. The summed E-state index contributed by atoms with van der Waals surface area (Å²) >= 11 is 0. The Kier molecular flexibility index (Phi) is 7.60. The summed E-state index contributed by atoms with van der Waals surface area (Å²) in [4.78, 5) is 0. The van der Waals surface area contributed by atoms with Crippen molar-refractivity contribution in [2.45, 2.75) is 6.42 Å². The van der Waals surface area contributed by atoms with E-state index in [0.29, 0.717) is 6.42 Å². The zero-order chi connectivity index (χ0) is 7.94. The molecule has 0 radical (unpaired) electrons. The molecular weight excluding hydrogens is 171 g/mol. The van der Waals surface area contributed by atoms with Crippen molar-refractivity contribution in [3.8, 4) is 24.2 Å². The molecular formula is C11H7K. The average Bonchev–Trinajstić information content (AvgIpc) is 2.07. The number of benzene rings is 1. The van der Waals surface area contributed by atoms with Crippen LogP contribution in [0.2, 0.25) is 0 Å². The molecule has 0 aliphatic carbocycles. The Balaban J connectivity index is 0.00000121.